The lowest BCUT2D eigenvalue weighted by Crippen LogP contribution is -2.01. The zero-order valence-corrected chi connectivity index (χ0v) is 30.1. The van der Waals surface area contributed by atoms with Crippen LogP contribution in [-0.2, 0) is 0 Å². The molecular weight excluding hydrogens is 683 g/mol. The Morgan fingerprint density at radius 2 is 0.821 bits per heavy atom. The van der Waals surface area contributed by atoms with Gasteiger partial charge in [-0.15, -0.1) is 0 Å². The van der Waals surface area contributed by atoms with E-state index in [0.717, 1.165) is 33.4 Å². The number of aromatic nitrogens is 5. The third kappa shape index (κ3) is 4.52. The number of nitrogens with zero attached hydrogens (tertiary/aromatic N) is 5. The minimum atomic E-state index is 0.630. The molecule has 5 nitrogen and oxygen atoms in total. The van der Waals surface area contributed by atoms with Crippen molar-refractivity contribution in [1.82, 2.24) is 24.1 Å². The maximum Gasteiger partial charge on any atom is 0.164 e. The van der Waals surface area contributed by atoms with Gasteiger partial charge < -0.3 is 9.13 Å². The van der Waals surface area contributed by atoms with E-state index in [1.54, 1.807) is 0 Å². The predicted octanol–water partition coefficient (Wildman–Crippen LogP) is 12.7. The monoisotopic (exact) mass is 713 g/mol. The zero-order chi connectivity index (χ0) is 36.7. The van der Waals surface area contributed by atoms with Gasteiger partial charge in [-0.1, -0.05) is 146 Å². The van der Waals surface area contributed by atoms with Crippen molar-refractivity contribution in [3.05, 3.63) is 188 Å². The molecule has 0 amide bonds. The summed E-state index contributed by atoms with van der Waals surface area (Å²) in [5.41, 5.74) is 14.7. The second kappa shape index (κ2) is 11.9. The molecule has 0 fully saturated rings. The molecule has 4 heterocycles. The van der Waals surface area contributed by atoms with Crippen molar-refractivity contribution < 1.29 is 0 Å². The SMILES string of the molecule is c1ccc(-c2nc(-c3ccccc3)nc(-c3cccc(-n4c5ccccc5c5cc6c(cc54)-c4ccccc4-n4c5ccccc5c5cccc-6c54)c3)n2)cc1. The van der Waals surface area contributed by atoms with Crippen LogP contribution in [0.4, 0.5) is 0 Å². The van der Waals surface area contributed by atoms with Gasteiger partial charge in [-0.2, -0.15) is 0 Å². The highest BCUT2D eigenvalue weighted by Gasteiger charge is 2.26. The van der Waals surface area contributed by atoms with Crippen molar-refractivity contribution in [3.8, 4) is 67.8 Å². The van der Waals surface area contributed by atoms with Crippen LogP contribution in [-0.4, -0.2) is 24.1 Å². The minimum absolute atomic E-state index is 0.630. The van der Waals surface area contributed by atoms with E-state index in [1.807, 2.05) is 60.7 Å². The van der Waals surface area contributed by atoms with E-state index >= 15 is 0 Å². The minimum Gasteiger partial charge on any atom is -0.309 e. The van der Waals surface area contributed by atoms with Crippen molar-refractivity contribution in [2.45, 2.75) is 0 Å². The third-order valence-electron chi connectivity index (χ3n) is 11.3. The fourth-order valence-electron chi connectivity index (χ4n) is 8.84. The molecule has 0 atom stereocenters. The lowest BCUT2D eigenvalue weighted by atomic mass is 9.92. The van der Waals surface area contributed by atoms with Gasteiger partial charge in [0.15, 0.2) is 17.5 Å². The van der Waals surface area contributed by atoms with Crippen molar-refractivity contribution in [2.24, 2.45) is 0 Å². The number of para-hydroxylation sites is 4. The smallest absolute Gasteiger partial charge is 0.164 e. The molecule has 0 unspecified atom stereocenters. The fraction of sp³-hybridized carbons (Fsp3) is 0. The Labute approximate surface area is 322 Å². The van der Waals surface area contributed by atoms with E-state index in [1.165, 1.54) is 60.5 Å². The summed E-state index contributed by atoms with van der Waals surface area (Å²) in [6.45, 7) is 0. The van der Waals surface area contributed by atoms with Crippen LogP contribution in [0.1, 0.15) is 0 Å². The van der Waals surface area contributed by atoms with E-state index < -0.39 is 0 Å². The van der Waals surface area contributed by atoms with E-state index in [9.17, 15) is 0 Å². The molecule has 5 heteroatoms. The van der Waals surface area contributed by atoms with Crippen LogP contribution in [0.2, 0.25) is 0 Å². The first kappa shape index (κ1) is 30.8. The van der Waals surface area contributed by atoms with Crippen molar-refractivity contribution in [2.75, 3.05) is 0 Å². The predicted molar refractivity (Wildman–Crippen MR) is 229 cm³/mol. The molecule has 0 aliphatic carbocycles. The number of hydrogen-bond acceptors (Lipinski definition) is 3. The first-order valence-corrected chi connectivity index (χ1v) is 19.0. The molecule has 11 aromatic rings. The van der Waals surface area contributed by atoms with Crippen molar-refractivity contribution in [1.29, 1.82) is 0 Å². The molecule has 260 valence electrons. The van der Waals surface area contributed by atoms with Gasteiger partial charge in [-0.05, 0) is 53.6 Å². The average molecular weight is 714 g/mol. The Morgan fingerprint density at radius 1 is 0.304 bits per heavy atom. The number of rotatable bonds is 4. The highest BCUT2D eigenvalue weighted by atomic mass is 15.0. The first-order chi connectivity index (χ1) is 27.8. The average Bonchev–Trinajstić information content (AvgIpc) is 3.75. The molecule has 0 N–H and O–H groups in total. The Balaban J connectivity index is 1.11. The number of fused-ring (bicyclic) bond motifs is 11. The zero-order valence-electron chi connectivity index (χ0n) is 30.1. The summed E-state index contributed by atoms with van der Waals surface area (Å²) in [6, 6.07) is 66.8. The molecule has 0 radical (unpaired) electrons. The molecule has 12 rings (SSSR count). The summed E-state index contributed by atoms with van der Waals surface area (Å²) in [6.07, 6.45) is 0. The summed E-state index contributed by atoms with van der Waals surface area (Å²) in [5.74, 6) is 1.92. The van der Waals surface area contributed by atoms with Gasteiger partial charge in [-0.25, -0.2) is 15.0 Å². The molecule has 0 spiro atoms. The molecule has 0 bridgehead atoms. The fourth-order valence-corrected chi connectivity index (χ4v) is 8.84. The molecule has 1 aliphatic rings. The Kier molecular flexibility index (Phi) is 6.56. The standard InChI is InChI=1S/C51H31N5/c1-3-15-32(16-4-1)49-52-50(33-17-5-2-6-18-33)54-51(53-49)34-19-13-20-35(29-34)55-44-26-10-9-23-38(44)43-30-41-40-25-14-24-39-36-21-7-11-27-45(36)56(48(39)40)46-28-12-8-22-37(46)42(41)31-47(43)55/h1-31H. The van der Waals surface area contributed by atoms with E-state index in [2.05, 4.69) is 137 Å². The molecule has 0 saturated heterocycles. The molecule has 0 saturated carbocycles. The normalized spacial score (nSPS) is 11.9. The molecule has 1 aliphatic heterocycles. The second-order valence-electron chi connectivity index (χ2n) is 14.4. The van der Waals surface area contributed by atoms with Gasteiger partial charge >= 0.3 is 0 Å². The molecule has 8 aromatic carbocycles. The summed E-state index contributed by atoms with van der Waals surface area (Å²) in [5, 5.41) is 4.95. The Morgan fingerprint density at radius 3 is 1.55 bits per heavy atom. The lowest BCUT2D eigenvalue weighted by molar-refractivity contribution is 1.07. The van der Waals surface area contributed by atoms with Gasteiger partial charge in [0.25, 0.3) is 0 Å². The van der Waals surface area contributed by atoms with Crippen molar-refractivity contribution in [3.63, 3.8) is 0 Å². The topological polar surface area (TPSA) is 48.5 Å². The largest absolute Gasteiger partial charge is 0.309 e. The highest BCUT2D eigenvalue weighted by Crippen LogP contribution is 2.49. The van der Waals surface area contributed by atoms with Gasteiger partial charge in [0.1, 0.15) is 0 Å². The van der Waals surface area contributed by atoms with Crippen LogP contribution in [0, 0.1) is 0 Å². The maximum absolute atomic E-state index is 5.06. The Hall–Kier alpha value is -7.63. The van der Waals surface area contributed by atoms with Crippen LogP contribution in [0.5, 0.6) is 0 Å². The molecular formula is C51H31N5. The number of benzene rings is 8. The van der Waals surface area contributed by atoms with E-state index in [0.29, 0.717) is 17.5 Å². The number of hydrogen-bond donors (Lipinski definition) is 0. The van der Waals surface area contributed by atoms with Gasteiger partial charge in [0.05, 0.1) is 27.8 Å². The van der Waals surface area contributed by atoms with Gasteiger partial charge in [0.2, 0.25) is 0 Å². The lowest BCUT2D eigenvalue weighted by Gasteiger charge is -2.14. The van der Waals surface area contributed by atoms with E-state index in [-0.39, 0.29) is 0 Å². The summed E-state index contributed by atoms with van der Waals surface area (Å²) < 4.78 is 4.87. The molecule has 56 heavy (non-hydrogen) atoms. The maximum atomic E-state index is 5.06. The van der Waals surface area contributed by atoms with Crippen LogP contribution >= 0.6 is 0 Å². The molecule has 3 aromatic heterocycles. The van der Waals surface area contributed by atoms with Gasteiger partial charge in [0, 0.05) is 55.0 Å². The summed E-state index contributed by atoms with van der Waals surface area (Å²) in [7, 11) is 0. The van der Waals surface area contributed by atoms with Crippen LogP contribution < -0.4 is 0 Å². The van der Waals surface area contributed by atoms with Crippen molar-refractivity contribution >= 4 is 43.6 Å². The summed E-state index contributed by atoms with van der Waals surface area (Å²) >= 11 is 0. The van der Waals surface area contributed by atoms with Gasteiger partial charge in [-0.3, -0.25) is 0 Å². The quantitative estimate of drug-likeness (QED) is 0.182. The van der Waals surface area contributed by atoms with E-state index in [4.69, 9.17) is 15.0 Å². The van der Waals surface area contributed by atoms with Crippen LogP contribution in [0.25, 0.3) is 111 Å². The third-order valence-corrected chi connectivity index (χ3v) is 11.3. The van der Waals surface area contributed by atoms with Crippen LogP contribution in [0.15, 0.2) is 188 Å². The first-order valence-electron chi connectivity index (χ1n) is 19.0. The second-order valence-corrected chi connectivity index (χ2v) is 14.4. The van der Waals surface area contributed by atoms with Crippen LogP contribution in [0.3, 0.4) is 0 Å². The summed E-state index contributed by atoms with van der Waals surface area (Å²) in [4.78, 5) is 15.1. The highest BCUT2D eigenvalue weighted by molar-refractivity contribution is 6.19. The Bertz CT molecular complexity index is 3300.